The van der Waals surface area contributed by atoms with Gasteiger partial charge in [0.1, 0.15) is 11.4 Å². The molecule has 2 aromatic rings. The van der Waals surface area contributed by atoms with Crippen molar-refractivity contribution in [3.63, 3.8) is 0 Å². The monoisotopic (exact) mass is 334 g/mol. The second kappa shape index (κ2) is 6.72. The quantitative estimate of drug-likeness (QED) is 0.834. The van der Waals surface area contributed by atoms with Crippen molar-refractivity contribution < 1.29 is 22.8 Å². The summed E-state index contributed by atoms with van der Waals surface area (Å²) in [7, 11) is 2.41. The minimum Gasteiger partial charge on any atom is -0.361 e. The first-order valence-corrected chi connectivity index (χ1v) is 7.12. The number of ether oxygens (including phenoxy) is 1. The maximum Gasteiger partial charge on any atom is 0.123 e. The molecule has 0 unspecified atom stereocenters. The van der Waals surface area contributed by atoms with Crippen molar-refractivity contribution in [3.8, 4) is 6.07 Å². The summed E-state index contributed by atoms with van der Waals surface area (Å²) >= 11 is 0. The van der Waals surface area contributed by atoms with Crippen LogP contribution in [0.25, 0.3) is 0 Å². The molecule has 0 amide bonds. The van der Waals surface area contributed by atoms with Gasteiger partial charge in [0.25, 0.3) is 0 Å². The van der Waals surface area contributed by atoms with Crippen LogP contribution in [0.3, 0.4) is 0 Å². The highest BCUT2D eigenvalue weighted by molar-refractivity contribution is 5.47. The molecule has 0 spiro atoms. The highest BCUT2D eigenvalue weighted by atomic mass is 19.1. The molecule has 1 atom stereocenters. The molecule has 0 aromatic heterocycles. The van der Waals surface area contributed by atoms with Crippen LogP contribution in [0.4, 0.5) is 4.39 Å². The Labute approximate surface area is 156 Å². The Kier molecular flexibility index (Phi) is 2.31. The Balaban J connectivity index is 2.53. The van der Waals surface area contributed by atoms with Gasteiger partial charge < -0.3 is 9.64 Å². The number of benzene rings is 2. The molecule has 0 saturated carbocycles. The topological polar surface area (TPSA) is 36.3 Å². The largest absolute Gasteiger partial charge is 0.361 e. The zero-order valence-electron chi connectivity index (χ0n) is 23.1. The second-order valence-electron chi connectivity index (χ2n) is 5.40. The normalized spacial score (nSPS) is 27.1. The number of rotatable bonds is 5. The fourth-order valence-electron chi connectivity index (χ4n) is 2.46. The van der Waals surface area contributed by atoms with Gasteiger partial charge in [0.15, 0.2) is 0 Å². The fraction of sp³-hybridized carbons (Fsp3) is 0.350. The van der Waals surface area contributed by atoms with Gasteiger partial charge in [-0.2, -0.15) is 5.26 Å². The molecule has 1 aliphatic rings. The first-order chi connectivity index (χ1) is 15.5. The first kappa shape index (κ1) is 8.24. The summed E-state index contributed by atoms with van der Waals surface area (Å²) in [6, 6.07) is 1.61. The van der Waals surface area contributed by atoms with Crippen LogP contribution in [0, 0.1) is 17.1 Å². The summed E-state index contributed by atoms with van der Waals surface area (Å²) in [5.41, 5.74) is -3.20. The van der Waals surface area contributed by atoms with Crippen molar-refractivity contribution in [3.05, 3.63) is 70.4 Å². The molecule has 3 rings (SSSR count). The number of halogens is 1. The molecule has 0 N–H and O–H groups in total. The van der Waals surface area contributed by atoms with Crippen molar-refractivity contribution in [2.45, 2.75) is 25.0 Å². The third-order valence-corrected chi connectivity index (χ3v) is 3.52. The number of nitriles is 1. The van der Waals surface area contributed by atoms with Crippen molar-refractivity contribution in [2.75, 3.05) is 20.6 Å². The molecule has 4 heteroatoms. The summed E-state index contributed by atoms with van der Waals surface area (Å²) in [6.45, 7) is -3.34. The van der Waals surface area contributed by atoms with E-state index in [2.05, 4.69) is 0 Å². The Morgan fingerprint density at radius 3 is 2.79 bits per heavy atom. The van der Waals surface area contributed by atoms with E-state index in [1.165, 1.54) is 32.3 Å². The molecule has 1 aliphatic heterocycles. The maximum atomic E-state index is 14.3. The van der Waals surface area contributed by atoms with E-state index in [-0.39, 0.29) is 16.7 Å². The zero-order valence-corrected chi connectivity index (χ0v) is 13.1. The third-order valence-electron chi connectivity index (χ3n) is 3.52. The second-order valence-corrected chi connectivity index (χ2v) is 5.40. The van der Waals surface area contributed by atoms with Gasteiger partial charge in [-0.15, -0.1) is 0 Å². The van der Waals surface area contributed by atoms with Gasteiger partial charge in [0.05, 0.1) is 23.7 Å². The minimum atomic E-state index is -3.38. The average Bonchev–Trinajstić information content (AvgIpc) is 3.16. The van der Waals surface area contributed by atoms with E-state index in [0.29, 0.717) is 0 Å². The summed E-state index contributed by atoms with van der Waals surface area (Å²) in [4.78, 5) is 0.826. The Morgan fingerprint density at radius 2 is 2.12 bits per heavy atom. The van der Waals surface area contributed by atoms with Crippen molar-refractivity contribution in [2.24, 2.45) is 0 Å². The van der Waals surface area contributed by atoms with E-state index in [1.54, 1.807) is 0 Å². The molecular formula is C20H21FN2O. The lowest BCUT2D eigenvalue weighted by molar-refractivity contribution is -0.0140. The van der Waals surface area contributed by atoms with E-state index in [9.17, 15) is 9.65 Å². The number of nitrogens with zero attached hydrogens (tertiary/aromatic N) is 2. The van der Waals surface area contributed by atoms with Gasteiger partial charge in [0, 0.05) is 8.22 Å². The highest BCUT2D eigenvalue weighted by Crippen LogP contribution is 2.45. The fourth-order valence-corrected chi connectivity index (χ4v) is 2.46. The van der Waals surface area contributed by atoms with Crippen LogP contribution in [0.15, 0.2) is 42.4 Å². The molecule has 3 nitrogen and oxygen atoms in total. The molecule has 124 valence electrons. The van der Waals surface area contributed by atoms with Gasteiger partial charge in [0.2, 0.25) is 0 Å². The summed E-state index contributed by atoms with van der Waals surface area (Å²) in [5.74, 6) is -1.47. The molecule has 0 radical (unpaired) electrons. The van der Waals surface area contributed by atoms with Gasteiger partial charge in [-0.1, -0.05) is 18.2 Å². The average molecular weight is 334 g/mol. The van der Waals surface area contributed by atoms with Crippen LogP contribution in [0.5, 0.6) is 0 Å². The van der Waals surface area contributed by atoms with E-state index in [0.717, 1.165) is 4.90 Å². The molecule has 0 saturated heterocycles. The number of fused-ring (bicyclic) bond motifs is 1. The summed E-state index contributed by atoms with van der Waals surface area (Å²) < 4.78 is 104. The van der Waals surface area contributed by atoms with Crippen molar-refractivity contribution in [1.29, 1.82) is 5.26 Å². The Bertz CT molecular complexity index is 1180. The minimum absolute atomic E-state index is 0.109. The van der Waals surface area contributed by atoms with Gasteiger partial charge in [-0.25, -0.2) is 4.39 Å². The summed E-state index contributed by atoms with van der Waals surface area (Å²) in [6.07, 6.45) is -6.76. The molecule has 2 aromatic carbocycles. The number of hydrogen-bond donors (Lipinski definition) is 0. The lowest BCUT2D eigenvalue weighted by Crippen LogP contribution is -2.28. The Hall–Kier alpha value is -2.22. The molecule has 0 fully saturated rings. The van der Waals surface area contributed by atoms with E-state index in [1.807, 2.05) is 6.07 Å². The molecule has 0 aliphatic carbocycles. The van der Waals surface area contributed by atoms with Crippen LogP contribution in [-0.2, 0) is 16.9 Å². The van der Waals surface area contributed by atoms with Crippen LogP contribution in [0.1, 0.15) is 48.7 Å². The van der Waals surface area contributed by atoms with E-state index < -0.39 is 67.0 Å². The molecule has 1 heterocycles. The van der Waals surface area contributed by atoms with Crippen LogP contribution < -0.4 is 0 Å². The summed E-state index contributed by atoms with van der Waals surface area (Å²) in [5, 5.41) is 9.23. The molecule has 0 bridgehead atoms. The lowest BCUT2D eigenvalue weighted by atomic mass is 9.81. The van der Waals surface area contributed by atoms with E-state index >= 15 is 0 Å². The Morgan fingerprint density at radius 1 is 1.38 bits per heavy atom. The van der Waals surface area contributed by atoms with Gasteiger partial charge in [-0.05, 0) is 74.2 Å². The lowest BCUT2D eigenvalue weighted by Gasteiger charge is -2.31. The van der Waals surface area contributed by atoms with Crippen LogP contribution in [0.2, 0.25) is 0 Å². The predicted octanol–water partition coefficient (Wildman–Crippen LogP) is 3.81. The maximum absolute atomic E-state index is 14.3. The van der Waals surface area contributed by atoms with Crippen LogP contribution >= 0.6 is 0 Å². The zero-order chi connectivity index (χ0) is 26.0. The third kappa shape index (κ3) is 3.06. The SMILES string of the molecule is [2H]c1c([2H])c([C@]2(C([2H])([2H])C([2H])([2H])C([2H])([2H])N(C)C)OCc3cc(C#N)ccc32)c([2H])c([2H])c1F. The van der Waals surface area contributed by atoms with Crippen molar-refractivity contribution in [1.82, 2.24) is 4.90 Å². The first-order valence-electron chi connectivity index (χ1n) is 12.1. The number of hydrogen-bond acceptors (Lipinski definition) is 3. The molecular weight excluding hydrogens is 303 g/mol. The van der Waals surface area contributed by atoms with Crippen molar-refractivity contribution >= 4 is 0 Å². The molecule has 24 heavy (non-hydrogen) atoms. The highest BCUT2D eigenvalue weighted by Gasteiger charge is 2.41. The predicted molar refractivity (Wildman–Crippen MR) is 90.9 cm³/mol. The van der Waals surface area contributed by atoms with E-state index in [4.69, 9.17) is 18.4 Å². The standard InChI is InChI=1S/C20H21FN2O/c1-23(2)11-3-10-20(17-5-7-18(21)8-6-17)19-9-4-15(13-22)12-16(19)14-24-20/h4-9,12H,3,10-11,14H2,1-2H3/t20-/m0/s1/i3D2,5D,6D,7D,8D,10D2,11D2. The van der Waals surface area contributed by atoms with Crippen LogP contribution in [-0.4, -0.2) is 25.5 Å². The van der Waals surface area contributed by atoms with Gasteiger partial charge >= 0.3 is 0 Å². The van der Waals surface area contributed by atoms with Gasteiger partial charge in [-0.3, -0.25) is 0 Å². The smallest absolute Gasteiger partial charge is 0.123 e.